The molecule has 0 aromatic heterocycles. The van der Waals surface area contributed by atoms with E-state index in [1.165, 1.54) is 12.8 Å². The molecule has 3 heteroatoms. The van der Waals surface area contributed by atoms with Crippen LogP contribution in [-0.4, -0.2) is 30.9 Å². The minimum absolute atomic E-state index is 0.302. The first-order valence-corrected chi connectivity index (χ1v) is 4.40. The summed E-state index contributed by atoms with van der Waals surface area (Å²) in [6, 6.07) is 0.505. The van der Waals surface area contributed by atoms with E-state index in [4.69, 9.17) is 4.84 Å². The highest BCUT2D eigenvalue weighted by Crippen LogP contribution is 2.34. The molecule has 2 rings (SSSR count). The Morgan fingerprint density at radius 3 is 2.73 bits per heavy atom. The minimum atomic E-state index is 0.302. The van der Waals surface area contributed by atoms with Gasteiger partial charge in [-0.2, -0.15) is 5.06 Å². The maximum absolute atomic E-state index is 5.64. The van der Waals surface area contributed by atoms with Crippen molar-refractivity contribution in [1.29, 1.82) is 0 Å². The molecule has 1 saturated carbocycles. The Bertz CT molecular complexity index is 147. The lowest BCUT2D eigenvalue weighted by molar-refractivity contribution is -0.240. The quantitative estimate of drug-likeness (QED) is 0.601. The Morgan fingerprint density at radius 2 is 2.18 bits per heavy atom. The Labute approximate surface area is 67.7 Å². The monoisotopic (exact) mass is 156 g/mol. The van der Waals surface area contributed by atoms with Crippen molar-refractivity contribution in [3.05, 3.63) is 0 Å². The third-order valence-electron chi connectivity index (χ3n) is 2.57. The van der Waals surface area contributed by atoms with Crippen molar-refractivity contribution >= 4 is 0 Å². The molecule has 1 saturated heterocycles. The van der Waals surface area contributed by atoms with Crippen LogP contribution in [0.2, 0.25) is 0 Å². The molecule has 2 fully saturated rings. The lowest BCUT2D eigenvalue weighted by Crippen LogP contribution is -2.52. The summed E-state index contributed by atoms with van der Waals surface area (Å²) in [4.78, 5) is 5.64. The molecular formula is C8H16N2O. The van der Waals surface area contributed by atoms with E-state index in [0.29, 0.717) is 12.3 Å². The van der Waals surface area contributed by atoms with Crippen molar-refractivity contribution in [2.75, 3.05) is 13.6 Å². The van der Waals surface area contributed by atoms with Gasteiger partial charge in [-0.05, 0) is 19.8 Å². The first-order chi connectivity index (χ1) is 5.27. The molecule has 11 heavy (non-hydrogen) atoms. The number of likely N-dealkylation sites (N-methyl/N-ethyl adjacent to an activating group) is 1. The molecule has 0 aromatic rings. The second-order valence-electron chi connectivity index (χ2n) is 3.67. The van der Waals surface area contributed by atoms with Crippen LogP contribution in [-0.2, 0) is 4.84 Å². The van der Waals surface area contributed by atoms with Crippen LogP contribution in [0.15, 0.2) is 0 Å². The lowest BCUT2D eigenvalue weighted by atomic mass is 10.3. The Balaban J connectivity index is 1.86. The van der Waals surface area contributed by atoms with E-state index in [-0.39, 0.29) is 0 Å². The van der Waals surface area contributed by atoms with Crippen LogP contribution in [0.3, 0.4) is 0 Å². The van der Waals surface area contributed by atoms with Crippen molar-refractivity contribution in [2.45, 2.75) is 32.0 Å². The van der Waals surface area contributed by atoms with Crippen LogP contribution in [0, 0.1) is 5.92 Å². The number of nitrogens with zero attached hydrogens (tertiary/aromatic N) is 1. The van der Waals surface area contributed by atoms with Crippen LogP contribution in [0.1, 0.15) is 19.8 Å². The predicted molar refractivity (Wildman–Crippen MR) is 42.8 cm³/mol. The topological polar surface area (TPSA) is 24.5 Å². The molecule has 0 spiro atoms. The van der Waals surface area contributed by atoms with Crippen molar-refractivity contribution in [1.82, 2.24) is 10.4 Å². The Hall–Kier alpha value is -0.120. The zero-order chi connectivity index (χ0) is 7.84. The standard InChI is InChI=1S/C8H16N2O/c1-6-5-9-8(7-3-4-7)11-10(6)2/h6-9H,3-5H2,1-2H3. The van der Waals surface area contributed by atoms with E-state index >= 15 is 0 Å². The third kappa shape index (κ3) is 1.55. The van der Waals surface area contributed by atoms with Gasteiger partial charge in [-0.3, -0.25) is 10.2 Å². The van der Waals surface area contributed by atoms with Gasteiger partial charge in [0.2, 0.25) is 0 Å². The van der Waals surface area contributed by atoms with E-state index in [2.05, 4.69) is 12.2 Å². The summed E-state index contributed by atoms with van der Waals surface area (Å²) in [5.74, 6) is 0.782. The molecule has 64 valence electrons. The van der Waals surface area contributed by atoms with Crippen molar-refractivity contribution in [2.24, 2.45) is 5.92 Å². The van der Waals surface area contributed by atoms with E-state index in [0.717, 1.165) is 12.5 Å². The third-order valence-corrected chi connectivity index (χ3v) is 2.57. The second kappa shape index (κ2) is 2.73. The number of hydroxylamine groups is 2. The highest BCUT2D eigenvalue weighted by atomic mass is 16.7. The number of hydrogen-bond acceptors (Lipinski definition) is 3. The van der Waals surface area contributed by atoms with Gasteiger partial charge in [-0.1, -0.05) is 0 Å². The van der Waals surface area contributed by atoms with Gasteiger partial charge in [-0.15, -0.1) is 0 Å². The van der Waals surface area contributed by atoms with E-state index < -0.39 is 0 Å². The highest BCUT2D eigenvalue weighted by molar-refractivity contribution is 4.83. The van der Waals surface area contributed by atoms with Crippen molar-refractivity contribution < 1.29 is 4.84 Å². The van der Waals surface area contributed by atoms with Gasteiger partial charge >= 0.3 is 0 Å². The van der Waals surface area contributed by atoms with Crippen LogP contribution in [0.25, 0.3) is 0 Å². The SMILES string of the molecule is CC1CNC(C2CC2)ON1C. The van der Waals surface area contributed by atoms with E-state index in [1.807, 2.05) is 12.1 Å². The summed E-state index contributed by atoms with van der Waals surface area (Å²) in [5.41, 5.74) is 0. The number of rotatable bonds is 1. The van der Waals surface area contributed by atoms with Gasteiger partial charge in [-0.25, -0.2) is 0 Å². The van der Waals surface area contributed by atoms with Crippen LogP contribution in [0.5, 0.6) is 0 Å². The maximum atomic E-state index is 5.64. The molecule has 0 aromatic carbocycles. The number of nitrogens with one attached hydrogen (secondary N) is 1. The molecule has 2 atom stereocenters. The molecule has 1 aliphatic carbocycles. The normalized spacial score (nSPS) is 40.9. The highest BCUT2D eigenvalue weighted by Gasteiger charge is 2.36. The van der Waals surface area contributed by atoms with Gasteiger partial charge in [0.15, 0.2) is 0 Å². The van der Waals surface area contributed by atoms with Gasteiger partial charge in [0, 0.05) is 25.6 Å². The maximum Gasteiger partial charge on any atom is 0.132 e. The fourth-order valence-electron chi connectivity index (χ4n) is 1.39. The second-order valence-corrected chi connectivity index (χ2v) is 3.67. The van der Waals surface area contributed by atoms with Gasteiger partial charge < -0.3 is 0 Å². The van der Waals surface area contributed by atoms with Crippen molar-refractivity contribution in [3.63, 3.8) is 0 Å². The summed E-state index contributed by atoms with van der Waals surface area (Å²) in [5, 5.41) is 5.37. The fraction of sp³-hybridized carbons (Fsp3) is 1.00. The van der Waals surface area contributed by atoms with E-state index in [1.54, 1.807) is 0 Å². The lowest BCUT2D eigenvalue weighted by Gasteiger charge is -2.35. The van der Waals surface area contributed by atoms with Crippen LogP contribution in [0.4, 0.5) is 0 Å². The minimum Gasteiger partial charge on any atom is -0.289 e. The molecule has 0 amide bonds. The zero-order valence-corrected chi connectivity index (χ0v) is 7.21. The average Bonchev–Trinajstić information content (AvgIpc) is 2.77. The molecule has 0 bridgehead atoms. The van der Waals surface area contributed by atoms with E-state index in [9.17, 15) is 0 Å². The van der Waals surface area contributed by atoms with Crippen LogP contribution < -0.4 is 5.32 Å². The summed E-state index contributed by atoms with van der Waals surface area (Å²) in [7, 11) is 2.01. The predicted octanol–water partition coefficient (Wildman–Crippen LogP) is 0.578. The Kier molecular flexibility index (Phi) is 1.87. The summed E-state index contributed by atoms with van der Waals surface area (Å²) in [6.45, 7) is 3.22. The fourth-order valence-corrected chi connectivity index (χ4v) is 1.39. The zero-order valence-electron chi connectivity index (χ0n) is 7.21. The molecule has 2 unspecified atom stereocenters. The first-order valence-electron chi connectivity index (χ1n) is 4.40. The molecule has 1 aliphatic heterocycles. The summed E-state index contributed by atoms with van der Waals surface area (Å²) in [6.07, 6.45) is 2.97. The summed E-state index contributed by atoms with van der Waals surface area (Å²) >= 11 is 0. The van der Waals surface area contributed by atoms with Crippen molar-refractivity contribution in [3.8, 4) is 0 Å². The molecule has 3 nitrogen and oxygen atoms in total. The molecule has 1 heterocycles. The molecule has 2 aliphatic rings. The first kappa shape index (κ1) is 7.53. The van der Waals surface area contributed by atoms with Crippen LogP contribution >= 0.6 is 0 Å². The number of hydrogen-bond donors (Lipinski definition) is 1. The van der Waals surface area contributed by atoms with Gasteiger partial charge in [0.05, 0.1) is 0 Å². The summed E-state index contributed by atoms with van der Waals surface area (Å²) < 4.78 is 0. The largest absolute Gasteiger partial charge is 0.289 e. The van der Waals surface area contributed by atoms with Gasteiger partial charge in [0.25, 0.3) is 0 Å². The van der Waals surface area contributed by atoms with Gasteiger partial charge in [0.1, 0.15) is 6.23 Å². The molecule has 1 N–H and O–H groups in total. The Morgan fingerprint density at radius 1 is 1.45 bits per heavy atom. The molecular weight excluding hydrogens is 140 g/mol. The molecule has 0 radical (unpaired) electrons. The average molecular weight is 156 g/mol. The smallest absolute Gasteiger partial charge is 0.132 e.